The van der Waals surface area contributed by atoms with Crippen LogP contribution >= 0.6 is 23.2 Å². The van der Waals surface area contributed by atoms with Gasteiger partial charge in [-0.15, -0.1) is 0 Å². The second kappa shape index (κ2) is 8.58. The number of sulfonamides is 1. The van der Waals surface area contributed by atoms with E-state index in [1.807, 2.05) is 4.90 Å². The summed E-state index contributed by atoms with van der Waals surface area (Å²) in [4.78, 5) is 14.5. The van der Waals surface area contributed by atoms with Crippen LogP contribution in [0.2, 0.25) is 10.0 Å². The summed E-state index contributed by atoms with van der Waals surface area (Å²) in [5.74, 6) is -0.246. The maximum absolute atomic E-state index is 12.6. The largest absolute Gasteiger partial charge is 0.322 e. The van der Waals surface area contributed by atoms with Gasteiger partial charge in [-0.25, -0.2) is 8.42 Å². The zero-order valence-corrected chi connectivity index (χ0v) is 16.8. The summed E-state index contributed by atoms with van der Waals surface area (Å²) in [6, 6.07) is 13.4. The number of nitrogens with zero attached hydrogens (tertiary/aromatic N) is 2. The summed E-state index contributed by atoms with van der Waals surface area (Å²) >= 11 is 12.1. The van der Waals surface area contributed by atoms with Gasteiger partial charge in [0.05, 0.1) is 27.2 Å². The molecule has 0 unspecified atom stereocenters. The van der Waals surface area contributed by atoms with Crippen LogP contribution in [0, 0.1) is 0 Å². The number of amides is 1. The van der Waals surface area contributed by atoms with Gasteiger partial charge in [0.2, 0.25) is 15.9 Å². The van der Waals surface area contributed by atoms with E-state index in [2.05, 4.69) is 5.32 Å². The van der Waals surface area contributed by atoms with Crippen LogP contribution < -0.4 is 5.32 Å². The maximum atomic E-state index is 12.6. The molecule has 1 N–H and O–H groups in total. The minimum atomic E-state index is -3.50. The number of rotatable bonds is 5. The van der Waals surface area contributed by atoms with Crippen molar-refractivity contribution < 1.29 is 13.2 Å². The van der Waals surface area contributed by atoms with Crippen molar-refractivity contribution in [2.24, 2.45) is 0 Å². The van der Waals surface area contributed by atoms with E-state index in [4.69, 9.17) is 23.2 Å². The summed E-state index contributed by atoms with van der Waals surface area (Å²) in [6.07, 6.45) is 0. The van der Waals surface area contributed by atoms with Gasteiger partial charge in [-0.05, 0) is 24.3 Å². The van der Waals surface area contributed by atoms with Crippen LogP contribution in [-0.2, 0) is 14.8 Å². The van der Waals surface area contributed by atoms with E-state index in [1.165, 1.54) is 4.31 Å². The number of halogens is 2. The fourth-order valence-corrected chi connectivity index (χ4v) is 4.80. The van der Waals surface area contributed by atoms with Crippen molar-refractivity contribution >= 4 is 44.8 Å². The van der Waals surface area contributed by atoms with E-state index in [0.29, 0.717) is 41.9 Å². The Morgan fingerprint density at radius 3 is 2.11 bits per heavy atom. The number of hydrogen-bond acceptors (Lipinski definition) is 4. The summed E-state index contributed by atoms with van der Waals surface area (Å²) in [6.45, 7) is 1.74. The molecule has 3 rings (SSSR count). The summed E-state index contributed by atoms with van der Waals surface area (Å²) in [7, 11) is -3.50. The molecule has 144 valence electrons. The molecule has 0 radical (unpaired) electrons. The first kappa shape index (κ1) is 20.1. The number of piperazine rings is 1. The SMILES string of the molecule is O=C(CN1CCN(S(=O)(=O)c2ccccc2)CC1)Nc1c(Cl)cccc1Cl. The Labute approximate surface area is 168 Å². The average Bonchev–Trinajstić information content (AvgIpc) is 2.66. The zero-order chi connectivity index (χ0) is 19.4. The Bertz CT molecular complexity index is 894. The molecule has 1 heterocycles. The molecule has 0 atom stereocenters. The van der Waals surface area contributed by atoms with Crippen molar-refractivity contribution in [1.82, 2.24) is 9.21 Å². The summed E-state index contributed by atoms with van der Waals surface area (Å²) in [5.41, 5.74) is 0.385. The van der Waals surface area contributed by atoms with Crippen LogP contribution in [0.4, 0.5) is 5.69 Å². The van der Waals surface area contributed by atoms with Crippen molar-refractivity contribution in [2.45, 2.75) is 4.90 Å². The minimum Gasteiger partial charge on any atom is -0.322 e. The molecule has 0 aliphatic carbocycles. The predicted molar refractivity (Wildman–Crippen MR) is 107 cm³/mol. The van der Waals surface area contributed by atoms with E-state index in [9.17, 15) is 13.2 Å². The van der Waals surface area contributed by atoms with Gasteiger partial charge in [-0.3, -0.25) is 9.69 Å². The lowest BCUT2D eigenvalue weighted by Gasteiger charge is -2.33. The third-order valence-electron chi connectivity index (χ3n) is 4.31. The zero-order valence-electron chi connectivity index (χ0n) is 14.4. The highest BCUT2D eigenvalue weighted by Gasteiger charge is 2.29. The van der Waals surface area contributed by atoms with Gasteiger partial charge in [0, 0.05) is 26.2 Å². The molecular weight excluding hydrogens is 409 g/mol. The highest BCUT2D eigenvalue weighted by atomic mass is 35.5. The van der Waals surface area contributed by atoms with Gasteiger partial charge >= 0.3 is 0 Å². The molecule has 1 fully saturated rings. The molecule has 1 aliphatic rings. The van der Waals surface area contributed by atoms with E-state index >= 15 is 0 Å². The number of hydrogen-bond donors (Lipinski definition) is 1. The van der Waals surface area contributed by atoms with Gasteiger partial charge in [0.15, 0.2) is 0 Å². The molecule has 0 aromatic heterocycles. The van der Waals surface area contributed by atoms with Crippen molar-refractivity contribution in [3.05, 3.63) is 58.6 Å². The van der Waals surface area contributed by atoms with Crippen LogP contribution in [0.5, 0.6) is 0 Å². The smallest absolute Gasteiger partial charge is 0.243 e. The molecule has 27 heavy (non-hydrogen) atoms. The molecule has 0 spiro atoms. The minimum absolute atomic E-state index is 0.140. The number of para-hydroxylation sites is 1. The fourth-order valence-electron chi connectivity index (χ4n) is 2.87. The topological polar surface area (TPSA) is 69.7 Å². The lowest BCUT2D eigenvalue weighted by Crippen LogP contribution is -2.50. The third kappa shape index (κ3) is 4.80. The molecule has 9 heteroatoms. The lowest BCUT2D eigenvalue weighted by atomic mass is 10.3. The van der Waals surface area contributed by atoms with Crippen molar-refractivity contribution in [3.63, 3.8) is 0 Å². The Kier molecular flexibility index (Phi) is 6.39. The van der Waals surface area contributed by atoms with Crippen LogP contribution in [0.15, 0.2) is 53.4 Å². The molecular formula is C18H19Cl2N3O3S. The lowest BCUT2D eigenvalue weighted by molar-refractivity contribution is -0.117. The first-order valence-corrected chi connectivity index (χ1v) is 10.6. The van der Waals surface area contributed by atoms with Crippen molar-refractivity contribution in [3.8, 4) is 0 Å². The van der Waals surface area contributed by atoms with E-state index in [0.717, 1.165) is 0 Å². The molecule has 2 aromatic rings. The molecule has 6 nitrogen and oxygen atoms in total. The highest BCUT2D eigenvalue weighted by molar-refractivity contribution is 7.89. The summed E-state index contributed by atoms with van der Waals surface area (Å²) in [5, 5.41) is 3.46. The van der Waals surface area contributed by atoms with E-state index in [-0.39, 0.29) is 17.3 Å². The second-order valence-corrected chi connectivity index (χ2v) is 8.89. The molecule has 0 saturated carbocycles. The molecule has 1 amide bonds. The van der Waals surface area contributed by atoms with E-state index < -0.39 is 10.0 Å². The average molecular weight is 428 g/mol. The number of anilines is 1. The van der Waals surface area contributed by atoms with Crippen LogP contribution in [0.1, 0.15) is 0 Å². The number of nitrogens with one attached hydrogen (secondary N) is 1. The second-order valence-electron chi connectivity index (χ2n) is 6.14. The van der Waals surface area contributed by atoms with Crippen LogP contribution in [0.25, 0.3) is 0 Å². The van der Waals surface area contributed by atoms with Gasteiger partial charge in [-0.1, -0.05) is 47.5 Å². The molecule has 1 saturated heterocycles. The maximum Gasteiger partial charge on any atom is 0.243 e. The Balaban J connectivity index is 1.56. The molecule has 0 bridgehead atoms. The fraction of sp³-hybridized carbons (Fsp3) is 0.278. The number of carbonyl (C=O) groups excluding carboxylic acids is 1. The van der Waals surface area contributed by atoms with Gasteiger partial charge in [0.25, 0.3) is 0 Å². The number of benzene rings is 2. The first-order valence-electron chi connectivity index (χ1n) is 8.39. The summed E-state index contributed by atoms with van der Waals surface area (Å²) < 4.78 is 26.7. The molecule has 2 aromatic carbocycles. The van der Waals surface area contributed by atoms with Crippen LogP contribution in [-0.4, -0.2) is 56.3 Å². The Hall–Kier alpha value is -1.64. The Morgan fingerprint density at radius 1 is 0.926 bits per heavy atom. The normalized spacial score (nSPS) is 16.2. The standard InChI is InChI=1S/C18H19Cl2N3O3S/c19-15-7-4-8-16(20)18(15)21-17(24)13-22-9-11-23(12-10-22)27(25,26)14-5-2-1-3-6-14/h1-8H,9-13H2,(H,21,24). The first-order chi connectivity index (χ1) is 12.9. The van der Waals surface area contributed by atoms with Crippen molar-refractivity contribution in [2.75, 3.05) is 38.0 Å². The van der Waals surface area contributed by atoms with Gasteiger partial charge in [-0.2, -0.15) is 4.31 Å². The Morgan fingerprint density at radius 2 is 1.52 bits per heavy atom. The molecule has 1 aliphatic heterocycles. The third-order valence-corrected chi connectivity index (χ3v) is 6.85. The number of carbonyl (C=O) groups is 1. The van der Waals surface area contributed by atoms with Gasteiger partial charge < -0.3 is 5.32 Å². The highest BCUT2D eigenvalue weighted by Crippen LogP contribution is 2.29. The van der Waals surface area contributed by atoms with Gasteiger partial charge in [0.1, 0.15) is 0 Å². The van der Waals surface area contributed by atoms with Crippen LogP contribution in [0.3, 0.4) is 0 Å². The quantitative estimate of drug-likeness (QED) is 0.795. The predicted octanol–water partition coefficient (Wildman–Crippen LogP) is 2.94. The monoisotopic (exact) mass is 427 g/mol. The van der Waals surface area contributed by atoms with E-state index in [1.54, 1.807) is 48.5 Å². The van der Waals surface area contributed by atoms with Crippen molar-refractivity contribution in [1.29, 1.82) is 0 Å².